The first-order valence-electron chi connectivity index (χ1n) is 7.74. The van der Waals surface area contributed by atoms with Crippen molar-refractivity contribution in [1.29, 1.82) is 5.26 Å². The van der Waals surface area contributed by atoms with E-state index in [-0.39, 0.29) is 0 Å². The van der Waals surface area contributed by atoms with E-state index in [1.54, 1.807) is 0 Å². The summed E-state index contributed by atoms with van der Waals surface area (Å²) in [5, 5.41) is 12.4. The van der Waals surface area contributed by atoms with Crippen molar-refractivity contribution < 1.29 is 0 Å². The highest BCUT2D eigenvalue weighted by Crippen LogP contribution is 2.30. The molecule has 0 aromatic heterocycles. The summed E-state index contributed by atoms with van der Waals surface area (Å²) in [4.78, 5) is 0. The molecule has 1 aliphatic rings. The molecule has 2 rings (SSSR count). The minimum absolute atomic E-state index is 0.380. The van der Waals surface area contributed by atoms with Gasteiger partial charge in [-0.15, -0.1) is 0 Å². The Hall–Kier alpha value is -1.69. The minimum Gasteiger partial charge on any atom is -0.398 e. The average molecular weight is 271 g/mol. The van der Waals surface area contributed by atoms with Gasteiger partial charge < -0.3 is 11.1 Å². The van der Waals surface area contributed by atoms with E-state index in [1.165, 1.54) is 38.5 Å². The normalized spacial score (nSPS) is 22.2. The van der Waals surface area contributed by atoms with Gasteiger partial charge >= 0.3 is 0 Å². The maximum Gasteiger partial charge on any atom is 0.0670 e. The number of nitriles is 1. The largest absolute Gasteiger partial charge is 0.398 e. The third-order valence-electron chi connectivity index (χ3n) is 4.33. The second-order valence-electron chi connectivity index (χ2n) is 5.90. The second kappa shape index (κ2) is 7.19. The number of hydrogen-bond donors (Lipinski definition) is 2. The Balaban J connectivity index is 1.91. The zero-order chi connectivity index (χ0) is 14.4. The summed E-state index contributed by atoms with van der Waals surface area (Å²) in [5.41, 5.74) is 8.62. The monoisotopic (exact) mass is 271 g/mol. The molecule has 3 nitrogen and oxygen atoms in total. The van der Waals surface area contributed by atoms with Crippen LogP contribution in [0.2, 0.25) is 0 Å². The molecular weight excluding hydrogens is 246 g/mol. The zero-order valence-electron chi connectivity index (χ0n) is 12.4. The van der Waals surface area contributed by atoms with Crippen LogP contribution in [0.4, 0.5) is 11.4 Å². The van der Waals surface area contributed by atoms with Gasteiger partial charge in [-0.1, -0.05) is 19.8 Å². The molecule has 1 aromatic carbocycles. The summed E-state index contributed by atoms with van der Waals surface area (Å²) < 4.78 is 0. The van der Waals surface area contributed by atoms with E-state index in [9.17, 15) is 0 Å². The smallest absolute Gasteiger partial charge is 0.0670 e. The van der Waals surface area contributed by atoms with Gasteiger partial charge in [0.15, 0.2) is 0 Å². The van der Waals surface area contributed by atoms with Crippen LogP contribution < -0.4 is 11.1 Å². The first-order chi connectivity index (χ1) is 9.72. The topological polar surface area (TPSA) is 61.8 Å². The van der Waals surface area contributed by atoms with Gasteiger partial charge in [-0.25, -0.2) is 0 Å². The molecule has 0 saturated heterocycles. The van der Waals surface area contributed by atoms with Crippen LogP contribution in [0.5, 0.6) is 0 Å². The molecule has 0 heterocycles. The molecule has 1 aromatic rings. The van der Waals surface area contributed by atoms with E-state index in [1.807, 2.05) is 18.2 Å². The lowest BCUT2D eigenvalue weighted by Crippen LogP contribution is -2.26. The highest BCUT2D eigenvalue weighted by atomic mass is 14.9. The lowest BCUT2D eigenvalue weighted by Gasteiger charge is -2.29. The van der Waals surface area contributed by atoms with E-state index in [0.717, 1.165) is 17.2 Å². The van der Waals surface area contributed by atoms with Crippen LogP contribution in [0, 0.1) is 17.2 Å². The minimum atomic E-state index is 0.380. The van der Waals surface area contributed by atoms with Gasteiger partial charge in [-0.2, -0.15) is 5.26 Å². The van der Waals surface area contributed by atoms with Crippen LogP contribution in [-0.2, 0) is 6.42 Å². The lowest BCUT2D eigenvalue weighted by atomic mass is 9.83. The number of nitrogens with zero attached hydrogens (tertiary/aromatic N) is 1. The van der Waals surface area contributed by atoms with E-state index in [0.29, 0.717) is 18.2 Å². The molecule has 1 saturated carbocycles. The molecule has 0 aliphatic heterocycles. The fourth-order valence-electron chi connectivity index (χ4n) is 3.17. The summed E-state index contributed by atoms with van der Waals surface area (Å²) in [6.45, 7) is 2.27. The molecule has 108 valence electrons. The van der Waals surface area contributed by atoms with Crippen molar-refractivity contribution in [3.05, 3.63) is 23.8 Å². The van der Waals surface area contributed by atoms with E-state index in [4.69, 9.17) is 11.0 Å². The number of hydrogen-bond acceptors (Lipinski definition) is 3. The Labute approximate surface area is 122 Å². The van der Waals surface area contributed by atoms with Crippen molar-refractivity contribution >= 4 is 11.4 Å². The summed E-state index contributed by atoms with van der Waals surface area (Å²) in [6, 6.07) is 8.69. The Morgan fingerprint density at radius 1 is 1.30 bits per heavy atom. The summed E-state index contributed by atoms with van der Waals surface area (Å²) in [6.07, 6.45) is 8.24. The quantitative estimate of drug-likeness (QED) is 0.792. The first kappa shape index (κ1) is 14.7. The maximum absolute atomic E-state index is 8.81. The molecule has 20 heavy (non-hydrogen) atoms. The van der Waals surface area contributed by atoms with Crippen LogP contribution in [0.3, 0.4) is 0 Å². The first-order valence-corrected chi connectivity index (χ1v) is 7.74. The van der Waals surface area contributed by atoms with Crippen molar-refractivity contribution in [2.75, 3.05) is 11.1 Å². The number of nitrogen functional groups attached to an aromatic ring is 1. The maximum atomic E-state index is 8.81. The fourth-order valence-corrected chi connectivity index (χ4v) is 3.17. The van der Waals surface area contributed by atoms with Gasteiger partial charge in [-0.05, 0) is 55.4 Å². The molecular formula is C17H25N3. The predicted octanol–water partition coefficient (Wildman–Crippen LogP) is 4.11. The number of nitrogens with one attached hydrogen (secondary N) is 1. The highest BCUT2D eigenvalue weighted by Gasteiger charge is 2.20. The molecule has 0 unspecified atom stereocenters. The molecule has 0 radical (unpaired) electrons. The summed E-state index contributed by atoms with van der Waals surface area (Å²) >= 11 is 0. The molecule has 3 heteroatoms. The fraction of sp³-hybridized carbons (Fsp3) is 0.588. The third-order valence-corrected chi connectivity index (χ3v) is 4.33. The van der Waals surface area contributed by atoms with Gasteiger partial charge in [0.1, 0.15) is 0 Å². The zero-order valence-corrected chi connectivity index (χ0v) is 12.4. The van der Waals surface area contributed by atoms with E-state index in [2.05, 4.69) is 18.3 Å². The molecule has 0 bridgehead atoms. The van der Waals surface area contributed by atoms with Crippen LogP contribution in [0.25, 0.3) is 0 Å². The number of anilines is 2. The van der Waals surface area contributed by atoms with Gasteiger partial charge in [0.05, 0.1) is 12.5 Å². The van der Waals surface area contributed by atoms with Crippen LogP contribution in [0.15, 0.2) is 18.2 Å². The molecule has 0 amide bonds. The van der Waals surface area contributed by atoms with Crippen molar-refractivity contribution in [2.45, 2.75) is 57.9 Å². The second-order valence-corrected chi connectivity index (χ2v) is 5.90. The Bertz CT molecular complexity index is 468. The summed E-state index contributed by atoms with van der Waals surface area (Å²) in [7, 11) is 0. The molecule has 1 aliphatic carbocycles. The van der Waals surface area contributed by atoms with E-state index >= 15 is 0 Å². The molecule has 1 fully saturated rings. The molecule has 3 N–H and O–H groups in total. The van der Waals surface area contributed by atoms with Crippen molar-refractivity contribution in [3.8, 4) is 6.07 Å². The number of nitrogens with two attached hydrogens (primary N) is 1. The number of rotatable bonds is 5. The SMILES string of the molecule is CCCC1CCC(Nc2ccc(N)c(CC#N)c2)CC1. The Morgan fingerprint density at radius 3 is 2.70 bits per heavy atom. The van der Waals surface area contributed by atoms with Crippen LogP contribution >= 0.6 is 0 Å². The van der Waals surface area contributed by atoms with Gasteiger partial charge in [0, 0.05) is 17.4 Å². The predicted molar refractivity (Wildman–Crippen MR) is 84.4 cm³/mol. The highest BCUT2D eigenvalue weighted by molar-refractivity contribution is 5.58. The molecule has 0 spiro atoms. The Morgan fingerprint density at radius 2 is 2.05 bits per heavy atom. The van der Waals surface area contributed by atoms with Gasteiger partial charge in [0.25, 0.3) is 0 Å². The number of benzene rings is 1. The van der Waals surface area contributed by atoms with Crippen LogP contribution in [0.1, 0.15) is 51.0 Å². The summed E-state index contributed by atoms with van der Waals surface area (Å²) in [5.74, 6) is 0.929. The van der Waals surface area contributed by atoms with Gasteiger partial charge in [-0.3, -0.25) is 0 Å². The lowest BCUT2D eigenvalue weighted by molar-refractivity contribution is 0.319. The standard InChI is InChI=1S/C17H25N3/c1-2-3-13-4-6-15(7-5-13)20-16-8-9-17(19)14(12-16)10-11-18/h8-9,12-13,15,20H,2-7,10,19H2,1H3. The average Bonchev–Trinajstić information content (AvgIpc) is 2.45. The van der Waals surface area contributed by atoms with Gasteiger partial charge in [0.2, 0.25) is 0 Å². The molecule has 0 atom stereocenters. The third kappa shape index (κ3) is 3.90. The van der Waals surface area contributed by atoms with Crippen molar-refractivity contribution in [3.63, 3.8) is 0 Å². The van der Waals surface area contributed by atoms with Crippen molar-refractivity contribution in [2.24, 2.45) is 5.92 Å². The van der Waals surface area contributed by atoms with Crippen LogP contribution in [-0.4, -0.2) is 6.04 Å². The van der Waals surface area contributed by atoms with Crippen molar-refractivity contribution in [1.82, 2.24) is 0 Å². The Kier molecular flexibility index (Phi) is 5.29. The van der Waals surface area contributed by atoms with E-state index < -0.39 is 0 Å².